The van der Waals surface area contributed by atoms with Crippen LogP contribution in [-0.4, -0.2) is 41.5 Å². The summed E-state index contributed by atoms with van der Waals surface area (Å²) in [5, 5.41) is 5.50. The Hall–Kier alpha value is -1.21. The molecule has 0 saturated carbocycles. The molecule has 4 nitrogen and oxygen atoms in total. The third-order valence-electron chi connectivity index (χ3n) is 3.59. The normalized spacial score (nSPS) is 17.1. The first-order valence-electron chi connectivity index (χ1n) is 6.89. The Bertz CT molecular complexity index is 668. The third kappa shape index (κ3) is 4.20. The number of rotatable bonds is 2. The second-order valence-electron chi connectivity index (χ2n) is 5.07. The number of halogens is 3. The summed E-state index contributed by atoms with van der Waals surface area (Å²) in [4.78, 5) is 18.6. The smallest absolute Gasteiger partial charge is 0.273 e. The van der Waals surface area contributed by atoms with Gasteiger partial charge in [-0.15, -0.1) is 36.2 Å². The van der Waals surface area contributed by atoms with Crippen molar-refractivity contribution in [3.05, 3.63) is 41.2 Å². The largest absolute Gasteiger partial charge is 0.332 e. The first-order valence-corrected chi connectivity index (χ1v) is 7.77. The summed E-state index contributed by atoms with van der Waals surface area (Å²) in [6.45, 7) is 4.26. The molecule has 1 saturated heterocycles. The summed E-state index contributed by atoms with van der Waals surface area (Å²) in [7, 11) is 0. The molecule has 23 heavy (non-hydrogen) atoms. The number of nitrogens with zero attached hydrogens (tertiary/aromatic N) is 2. The second kappa shape index (κ2) is 8.59. The molecule has 1 amide bonds. The van der Waals surface area contributed by atoms with E-state index >= 15 is 0 Å². The van der Waals surface area contributed by atoms with Crippen molar-refractivity contribution >= 4 is 42.1 Å². The number of hydrogen-bond acceptors (Lipinski definition) is 4. The Morgan fingerprint density at radius 3 is 2.83 bits per heavy atom. The Kier molecular flexibility index (Phi) is 7.41. The molecule has 1 fully saturated rings. The average molecular weight is 378 g/mol. The molecular weight excluding hydrogens is 360 g/mol. The Morgan fingerprint density at radius 1 is 1.39 bits per heavy atom. The molecule has 2 heterocycles. The van der Waals surface area contributed by atoms with Gasteiger partial charge in [-0.2, -0.15) is 0 Å². The number of benzene rings is 1. The predicted octanol–water partition coefficient (Wildman–Crippen LogP) is 3.23. The molecule has 8 heteroatoms. The van der Waals surface area contributed by atoms with Gasteiger partial charge in [0.1, 0.15) is 16.5 Å². The van der Waals surface area contributed by atoms with Gasteiger partial charge in [0.15, 0.2) is 0 Å². The zero-order valence-electron chi connectivity index (χ0n) is 12.5. The molecule has 126 valence electrons. The van der Waals surface area contributed by atoms with Crippen LogP contribution in [0.5, 0.6) is 0 Å². The highest BCUT2D eigenvalue weighted by atomic mass is 35.5. The second-order valence-corrected chi connectivity index (χ2v) is 5.93. The van der Waals surface area contributed by atoms with Gasteiger partial charge in [0.05, 0.1) is 0 Å². The summed E-state index contributed by atoms with van der Waals surface area (Å²) < 4.78 is 13.8. The van der Waals surface area contributed by atoms with Gasteiger partial charge in [0.25, 0.3) is 5.91 Å². The van der Waals surface area contributed by atoms with Gasteiger partial charge in [-0.3, -0.25) is 4.79 Å². The summed E-state index contributed by atoms with van der Waals surface area (Å²) in [6, 6.07) is 6.62. The van der Waals surface area contributed by atoms with Gasteiger partial charge in [-0.1, -0.05) is 12.1 Å². The number of aromatic nitrogens is 1. The molecule has 1 N–H and O–H groups in total. The average Bonchev–Trinajstić information content (AvgIpc) is 2.97. The maximum absolute atomic E-state index is 13.8. The van der Waals surface area contributed by atoms with E-state index in [1.807, 2.05) is 11.8 Å². The van der Waals surface area contributed by atoms with E-state index < -0.39 is 0 Å². The molecule has 1 aromatic heterocycles. The number of hydrogen-bond donors (Lipinski definition) is 1. The fourth-order valence-electron chi connectivity index (χ4n) is 2.42. The summed E-state index contributed by atoms with van der Waals surface area (Å²) in [6.07, 6.45) is 0. The quantitative estimate of drug-likeness (QED) is 0.873. The van der Waals surface area contributed by atoms with Crippen LogP contribution >= 0.6 is 36.2 Å². The number of amides is 1. The van der Waals surface area contributed by atoms with Gasteiger partial charge < -0.3 is 10.2 Å². The highest BCUT2D eigenvalue weighted by molar-refractivity contribution is 7.13. The first kappa shape index (κ1) is 19.8. The van der Waals surface area contributed by atoms with E-state index in [2.05, 4.69) is 10.3 Å². The molecule has 0 spiro atoms. The number of carbonyl (C=O) groups excluding carboxylic acids is 1. The molecule has 0 bridgehead atoms. The van der Waals surface area contributed by atoms with Crippen molar-refractivity contribution in [2.75, 3.05) is 19.6 Å². The molecule has 2 aromatic rings. The lowest BCUT2D eigenvalue weighted by Gasteiger charge is -2.33. The van der Waals surface area contributed by atoms with Crippen molar-refractivity contribution in [3.8, 4) is 10.6 Å². The number of piperazine rings is 1. The van der Waals surface area contributed by atoms with Crippen LogP contribution in [0.4, 0.5) is 4.39 Å². The van der Waals surface area contributed by atoms with Crippen LogP contribution < -0.4 is 5.32 Å². The van der Waals surface area contributed by atoms with Crippen molar-refractivity contribution in [2.24, 2.45) is 0 Å². The van der Waals surface area contributed by atoms with Crippen molar-refractivity contribution < 1.29 is 9.18 Å². The van der Waals surface area contributed by atoms with Crippen LogP contribution in [-0.2, 0) is 0 Å². The van der Waals surface area contributed by atoms with Gasteiger partial charge in [-0.25, -0.2) is 9.37 Å². The number of carbonyl (C=O) groups is 1. The molecule has 3 rings (SSSR count). The minimum Gasteiger partial charge on any atom is -0.332 e. The minimum atomic E-state index is -0.318. The monoisotopic (exact) mass is 377 g/mol. The lowest BCUT2D eigenvalue weighted by Crippen LogP contribution is -2.52. The van der Waals surface area contributed by atoms with E-state index in [0.717, 1.165) is 13.1 Å². The predicted molar refractivity (Wildman–Crippen MR) is 95.4 cm³/mol. The Balaban J connectivity index is 0.00000132. The van der Waals surface area contributed by atoms with E-state index in [1.54, 1.807) is 23.6 Å². The van der Waals surface area contributed by atoms with Crippen LogP contribution in [0.3, 0.4) is 0 Å². The number of nitrogens with one attached hydrogen (secondary N) is 1. The minimum absolute atomic E-state index is 0. The van der Waals surface area contributed by atoms with Crippen LogP contribution in [0.1, 0.15) is 17.4 Å². The van der Waals surface area contributed by atoms with E-state index in [0.29, 0.717) is 22.8 Å². The lowest BCUT2D eigenvalue weighted by atomic mass is 10.2. The van der Waals surface area contributed by atoms with Crippen LogP contribution in [0.25, 0.3) is 10.6 Å². The highest BCUT2D eigenvalue weighted by Crippen LogP contribution is 2.26. The standard InChI is InChI=1S/C15H16FN3OS.2ClH/c1-10-8-17-6-7-19(10)15(20)13-9-21-14(18-13)11-4-2-3-5-12(11)16;;/h2-5,9-10,17H,6-8H2,1H3;2*1H/t10-;;/m0../s1. The zero-order valence-corrected chi connectivity index (χ0v) is 14.9. The molecule has 0 aliphatic carbocycles. The zero-order chi connectivity index (χ0) is 14.8. The van der Waals surface area contributed by atoms with Gasteiger partial charge in [0.2, 0.25) is 0 Å². The van der Waals surface area contributed by atoms with E-state index in [4.69, 9.17) is 0 Å². The van der Waals surface area contributed by atoms with Gasteiger partial charge >= 0.3 is 0 Å². The SMILES string of the molecule is C[C@H]1CNCCN1C(=O)c1csc(-c2ccccc2F)n1.Cl.Cl. The molecule has 0 unspecified atom stereocenters. The third-order valence-corrected chi connectivity index (χ3v) is 4.47. The summed E-state index contributed by atoms with van der Waals surface area (Å²) in [5.41, 5.74) is 0.835. The molecule has 1 atom stereocenters. The van der Waals surface area contributed by atoms with E-state index in [-0.39, 0.29) is 42.6 Å². The maximum atomic E-state index is 13.8. The van der Waals surface area contributed by atoms with Crippen molar-refractivity contribution in [2.45, 2.75) is 13.0 Å². The molecule has 1 aromatic carbocycles. The van der Waals surface area contributed by atoms with Crippen molar-refractivity contribution in [3.63, 3.8) is 0 Å². The van der Waals surface area contributed by atoms with Crippen molar-refractivity contribution in [1.29, 1.82) is 0 Å². The van der Waals surface area contributed by atoms with Gasteiger partial charge in [0, 0.05) is 36.6 Å². The molecule has 1 aliphatic heterocycles. The number of thiazole rings is 1. The lowest BCUT2D eigenvalue weighted by molar-refractivity contribution is 0.0650. The summed E-state index contributed by atoms with van der Waals surface area (Å²) in [5.74, 6) is -0.399. The fourth-order valence-corrected chi connectivity index (χ4v) is 3.24. The summed E-state index contributed by atoms with van der Waals surface area (Å²) >= 11 is 1.30. The van der Waals surface area contributed by atoms with Crippen LogP contribution in [0.2, 0.25) is 0 Å². The van der Waals surface area contributed by atoms with Crippen LogP contribution in [0.15, 0.2) is 29.6 Å². The molecule has 1 aliphatic rings. The van der Waals surface area contributed by atoms with E-state index in [1.165, 1.54) is 17.4 Å². The van der Waals surface area contributed by atoms with E-state index in [9.17, 15) is 9.18 Å². The molecule has 0 radical (unpaired) electrons. The van der Waals surface area contributed by atoms with Crippen molar-refractivity contribution in [1.82, 2.24) is 15.2 Å². The Morgan fingerprint density at radius 2 is 2.13 bits per heavy atom. The first-order chi connectivity index (χ1) is 10.2. The highest BCUT2D eigenvalue weighted by Gasteiger charge is 2.26. The van der Waals surface area contributed by atoms with Gasteiger partial charge in [-0.05, 0) is 19.1 Å². The molecular formula is C15H18Cl2FN3OS. The topological polar surface area (TPSA) is 45.2 Å². The van der Waals surface area contributed by atoms with Crippen LogP contribution in [0, 0.1) is 5.82 Å². The maximum Gasteiger partial charge on any atom is 0.273 e. The fraction of sp³-hybridized carbons (Fsp3) is 0.333. The Labute approximate surface area is 150 Å².